The van der Waals surface area contributed by atoms with Crippen LogP contribution in [-0.4, -0.2) is 10.9 Å². The minimum atomic E-state index is -0.197. The van der Waals surface area contributed by atoms with E-state index in [-0.39, 0.29) is 16.6 Å². The van der Waals surface area contributed by atoms with E-state index in [1.165, 1.54) is 0 Å². The molecule has 0 unspecified atom stereocenters. The molecule has 0 atom stereocenters. The average molecular weight is 411 g/mol. The van der Waals surface area contributed by atoms with Gasteiger partial charge in [0.25, 0.3) is 0 Å². The van der Waals surface area contributed by atoms with Gasteiger partial charge in [0, 0.05) is 22.3 Å². The van der Waals surface area contributed by atoms with Crippen LogP contribution in [0.25, 0.3) is 11.6 Å². The second-order valence-corrected chi connectivity index (χ2v) is 10.4. The topological polar surface area (TPSA) is 37.3 Å². The molecule has 3 aromatic rings. The second kappa shape index (κ2) is 7.23. The van der Waals surface area contributed by atoms with Gasteiger partial charge in [-0.15, -0.1) is 0 Å². The highest BCUT2D eigenvalue weighted by molar-refractivity contribution is 6.20. The number of hydrogen-bond donors (Lipinski definition) is 1. The van der Waals surface area contributed by atoms with Crippen LogP contribution in [0, 0.1) is 0 Å². The van der Waals surface area contributed by atoms with E-state index < -0.39 is 0 Å². The molecule has 0 bridgehead atoms. The maximum absolute atomic E-state index is 13.1. The summed E-state index contributed by atoms with van der Waals surface area (Å²) in [5.41, 5.74) is 6.91. The van der Waals surface area contributed by atoms with Crippen LogP contribution >= 0.6 is 0 Å². The number of fused-ring (bicyclic) bond motifs is 2. The Hall–Kier alpha value is -3.13. The highest BCUT2D eigenvalue weighted by Gasteiger charge is 2.28. The molecule has 0 aromatic heterocycles. The number of aromatic hydroxyl groups is 1. The van der Waals surface area contributed by atoms with Crippen LogP contribution in [0.5, 0.6) is 5.75 Å². The first-order valence-electron chi connectivity index (χ1n) is 10.8. The van der Waals surface area contributed by atoms with Gasteiger partial charge in [0.2, 0.25) is 0 Å². The summed E-state index contributed by atoms with van der Waals surface area (Å²) in [5, 5.41) is 11.1. The lowest BCUT2D eigenvalue weighted by molar-refractivity contribution is 0.103. The van der Waals surface area contributed by atoms with Crippen LogP contribution in [-0.2, 0) is 10.8 Å². The molecule has 0 saturated heterocycles. The molecule has 1 aliphatic rings. The van der Waals surface area contributed by atoms with Crippen molar-refractivity contribution < 1.29 is 9.90 Å². The van der Waals surface area contributed by atoms with Crippen LogP contribution < -0.4 is 0 Å². The van der Waals surface area contributed by atoms with Gasteiger partial charge in [0.1, 0.15) is 5.75 Å². The first-order valence-corrected chi connectivity index (χ1v) is 10.8. The molecule has 0 radical (unpaired) electrons. The molecular weight excluding hydrogens is 380 g/mol. The van der Waals surface area contributed by atoms with E-state index in [1.54, 1.807) is 0 Å². The fourth-order valence-corrected chi connectivity index (χ4v) is 4.33. The van der Waals surface area contributed by atoms with Gasteiger partial charge in [-0.05, 0) is 51.3 Å². The molecule has 1 N–H and O–H groups in total. The van der Waals surface area contributed by atoms with Crippen LogP contribution in [0.3, 0.4) is 0 Å². The zero-order chi connectivity index (χ0) is 22.6. The number of rotatable bonds is 1. The Kier molecular flexibility index (Phi) is 4.93. The van der Waals surface area contributed by atoms with Gasteiger partial charge < -0.3 is 5.11 Å². The third-order valence-corrected chi connectivity index (χ3v) is 5.98. The van der Waals surface area contributed by atoms with Gasteiger partial charge >= 0.3 is 0 Å². The molecule has 2 nitrogen and oxygen atoms in total. The molecular formula is C29H30O2. The van der Waals surface area contributed by atoms with Crippen molar-refractivity contribution in [2.24, 2.45) is 0 Å². The number of carbonyl (C=O) groups is 1. The lowest BCUT2D eigenvalue weighted by atomic mass is 9.77. The number of carbonyl (C=O) groups excluding carboxylic acids is 1. The van der Waals surface area contributed by atoms with Crippen LogP contribution in [0.1, 0.15) is 85.3 Å². The Morgan fingerprint density at radius 1 is 0.677 bits per heavy atom. The van der Waals surface area contributed by atoms with Crippen molar-refractivity contribution in [2.75, 3.05) is 0 Å². The van der Waals surface area contributed by atoms with Crippen LogP contribution in [0.15, 0.2) is 60.7 Å². The molecule has 0 spiro atoms. The Morgan fingerprint density at radius 2 is 1.06 bits per heavy atom. The van der Waals surface area contributed by atoms with E-state index in [0.717, 1.165) is 44.5 Å². The molecule has 0 aliphatic heterocycles. The molecule has 0 fully saturated rings. The molecule has 3 aromatic carbocycles. The average Bonchev–Trinajstić information content (AvgIpc) is 2.70. The van der Waals surface area contributed by atoms with Gasteiger partial charge in [-0.3, -0.25) is 4.79 Å². The number of phenols is 1. The van der Waals surface area contributed by atoms with Crippen molar-refractivity contribution in [3.63, 3.8) is 0 Å². The Morgan fingerprint density at radius 3 is 1.45 bits per heavy atom. The Labute approximate surface area is 185 Å². The molecule has 0 heterocycles. The van der Waals surface area contributed by atoms with E-state index in [0.29, 0.717) is 5.75 Å². The van der Waals surface area contributed by atoms with E-state index >= 15 is 0 Å². The standard InChI is InChI=1S/C29H30O2/c1-28(2,3)24-16-18(17-25(27(24)31)29(4,5)6)15-23-19-11-7-9-13-21(19)26(30)22-14-10-8-12-20(22)23/h7-17,31H,1-6H3. The molecule has 0 amide bonds. The van der Waals surface area contributed by atoms with E-state index in [2.05, 4.69) is 59.8 Å². The lowest BCUT2D eigenvalue weighted by Gasteiger charge is -2.28. The normalized spacial score (nSPS) is 13.6. The predicted molar refractivity (Wildman–Crippen MR) is 129 cm³/mol. The Balaban J connectivity index is 2.02. The third kappa shape index (κ3) is 3.72. The minimum absolute atomic E-state index is 0.0693. The number of hydrogen-bond acceptors (Lipinski definition) is 2. The molecule has 0 saturated carbocycles. The zero-order valence-corrected chi connectivity index (χ0v) is 19.2. The summed E-state index contributed by atoms with van der Waals surface area (Å²) < 4.78 is 0. The third-order valence-electron chi connectivity index (χ3n) is 5.98. The summed E-state index contributed by atoms with van der Waals surface area (Å²) >= 11 is 0. The maximum atomic E-state index is 13.1. The van der Waals surface area contributed by atoms with Gasteiger partial charge in [-0.2, -0.15) is 0 Å². The molecule has 2 heteroatoms. The number of phenolic OH excluding ortho intramolecular Hbond substituents is 1. The quantitative estimate of drug-likeness (QED) is 0.363. The van der Waals surface area contributed by atoms with Gasteiger partial charge in [0.05, 0.1) is 0 Å². The van der Waals surface area contributed by atoms with Crippen molar-refractivity contribution in [2.45, 2.75) is 52.4 Å². The Bertz CT molecular complexity index is 1130. The van der Waals surface area contributed by atoms with E-state index in [1.807, 2.05) is 48.5 Å². The molecule has 158 valence electrons. The fourth-order valence-electron chi connectivity index (χ4n) is 4.33. The second-order valence-electron chi connectivity index (χ2n) is 10.4. The van der Waals surface area contributed by atoms with Gasteiger partial charge in [-0.25, -0.2) is 0 Å². The summed E-state index contributed by atoms with van der Waals surface area (Å²) in [6, 6.07) is 19.8. The van der Waals surface area contributed by atoms with Crippen molar-refractivity contribution in [1.29, 1.82) is 0 Å². The van der Waals surface area contributed by atoms with Gasteiger partial charge in [-0.1, -0.05) is 90.1 Å². The molecule has 31 heavy (non-hydrogen) atoms. The van der Waals surface area contributed by atoms with Crippen molar-refractivity contribution in [3.05, 3.63) is 99.6 Å². The molecule has 4 rings (SSSR count). The predicted octanol–water partition coefficient (Wildman–Crippen LogP) is 7.12. The van der Waals surface area contributed by atoms with Crippen molar-refractivity contribution in [3.8, 4) is 5.75 Å². The summed E-state index contributed by atoms with van der Waals surface area (Å²) in [4.78, 5) is 13.1. The van der Waals surface area contributed by atoms with Gasteiger partial charge in [0.15, 0.2) is 5.78 Å². The van der Waals surface area contributed by atoms with Crippen molar-refractivity contribution in [1.82, 2.24) is 0 Å². The van der Waals surface area contributed by atoms with Crippen molar-refractivity contribution >= 4 is 17.4 Å². The van der Waals surface area contributed by atoms with Crippen LogP contribution in [0.4, 0.5) is 0 Å². The number of benzene rings is 3. The smallest absolute Gasteiger partial charge is 0.194 e. The highest BCUT2D eigenvalue weighted by Crippen LogP contribution is 2.42. The van der Waals surface area contributed by atoms with E-state index in [9.17, 15) is 9.90 Å². The minimum Gasteiger partial charge on any atom is -0.507 e. The summed E-state index contributed by atoms with van der Waals surface area (Å²) in [6.45, 7) is 12.7. The number of ketones is 1. The molecule has 1 aliphatic carbocycles. The monoisotopic (exact) mass is 410 g/mol. The van der Waals surface area contributed by atoms with Crippen LogP contribution in [0.2, 0.25) is 0 Å². The SMILES string of the molecule is CC(C)(C)c1cc(C=C2c3ccccc3C(=O)c3ccccc32)cc(C(C)(C)C)c1O. The first-order chi connectivity index (χ1) is 14.5. The summed E-state index contributed by atoms with van der Waals surface area (Å²) in [6.07, 6.45) is 2.16. The maximum Gasteiger partial charge on any atom is 0.194 e. The zero-order valence-electron chi connectivity index (χ0n) is 19.2. The lowest BCUT2D eigenvalue weighted by Crippen LogP contribution is -2.17. The first kappa shape index (κ1) is 21.1. The van der Waals surface area contributed by atoms with E-state index in [4.69, 9.17) is 0 Å². The highest BCUT2D eigenvalue weighted by atomic mass is 16.3. The fraction of sp³-hybridized carbons (Fsp3) is 0.276. The summed E-state index contributed by atoms with van der Waals surface area (Å²) in [7, 11) is 0. The summed E-state index contributed by atoms with van der Waals surface area (Å²) in [5.74, 6) is 0.446. The largest absolute Gasteiger partial charge is 0.507 e.